The first-order chi connectivity index (χ1) is 18.2. The molecular formula is C28H28F4N4O2. The van der Waals surface area contributed by atoms with Crippen molar-refractivity contribution in [3.8, 4) is 5.75 Å². The van der Waals surface area contributed by atoms with Crippen LogP contribution in [0.1, 0.15) is 29.2 Å². The van der Waals surface area contributed by atoms with Gasteiger partial charge in [0.2, 0.25) is 0 Å². The summed E-state index contributed by atoms with van der Waals surface area (Å²) >= 11 is 0. The minimum absolute atomic E-state index is 0.0110. The Kier molecular flexibility index (Phi) is 6.92. The average Bonchev–Trinajstić information content (AvgIpc) is 3.46. The van der Waals surface area contributed by atoms with Gasteiger partial charge in [-0.25, -0.2) is 9.18 Å². The lowest BCUT2D eigenvalue weighted by Crippen LogP contribution is -2.30. The van der Waals surface area contributed by atoms with Crippen LogP contribution in [0.2, 0.25) is 0 Å². The zero-order valence-corrected chi connectivity index (χ0v) is 21.1. The van der Waals surface area contributed by atoms with Gasteiger partial charge in [0, 0.05) is 19.6 Å². The number of hydrogen-bond acceptors (Lipinski definition) is 4. The number of alkyl halides is 3. The number of nitrogens with zero attached hydrogens (tertiary/aromatic N) is 3. The fraction of sp³-hybridized carbons (Fsp3) is 0.321. The van der Waals surface area contributed by atoms with Gasteiger partial charge in [-0.1, -0.05) is 36.4 Å². The highest BCUT2D eigenvalue weighted by molar-refractivity contribution is 5.83. The van der Waals surface area contributed by atoms with Gasteiger partial charge in [-0.05, 0) is 48.9 Å². The number of imidazole rings is 1. The predicted octanol–water partition coefficient (Wildman–Crippen LogP) is 5.19. The van der Waals surface area contributed by atoms with Crippen LogP contribution in [-0.4, -0.2) is 36.4 Å². The maximum absolute atomic E-state index is 14.9. The Morgan fingerprint density at radius 1 is 1.03 bits per heavy atom. The zero-order valence-electron chi connectivity index (χ0n) is 21.1. The molecule has 3 aromatic carbocycles. The number of nitrogens with one attached hydrogen (secondary N) is 1. The molecule has 1 aromatic heterocycles. The van der Waals surface area contributed by atoms with Gasteiger partial charge < -0.3 is 15.0 Å². The molecule has 4 aromatic rings. The molecule has 0 amide bonds. The number of aromatic nitrogens is 2. The van der Waals surface area contributed by atoms with E-state index in [2.05, 4.69) is 5.32 Å². The van der Waals surface area contributed by atoms with Crippen molar-refractivity contribution in [2.75, 3.05) is 32.1 Å². The van der Waals surface area contributed by atoms with Crippen LogP contribution in [0.25, 0.3) is 11.0 Å². The molecule has 6 nitrogen and oxygen atoms in total. The molecule has 1 aliphatic heterocycles. The summed E-state index contributed by atoms with van der Waals surface area (Å²) in [5, 5.41) is 3.06. The summed E-state index contributed by atoms with van der Waals surface area (Å²) in [7, 11) is 3.25. The number of benzene rings is 3. The van der Waals surface area contributed by atoms with Crippen LogP contribution in [0.3, 0.4) is 0 Å². The molecule has 0 spiro atoms. The number of rotatable bonds is 7. The third kappa shape index (κ3) is 4.53. The highest BCUT2D eigenvalue weighted by Gasteiger charge is 2.34. The van der Waals surface area contributed by atoms with Crippen molar-refractivity contribution < 1.29 is 22.3 Å². The van der Waals surface area contributed by atoms with Crippen molar-refractivity contribution in [1.82, 2.24) is 14.5 Å². The Morgan fingerprint density at radius 2 is 1.76 bits per heavy atom. The summed E-state index contributed by atoms with van der Waals surface area (Å²) in [5.74, 6) is 0.0571. The molecule has 1 atom stereocenters. The van der Waals surface area contributed by atoms with Crippen molar-refractivity contribution in [1.29, 1.82) is 0 Å². The van der Waals surface area contributed by atoms with Crippen LogP contribution in [0.5, 0.6) is 5.75 Å². The highest BCUT2D eigenvalue weighted by Crippen LogP contribution is 2.36. The number of ether oxygens (including phenoxy) is 1. The van der Waals surface area contributed by atoms with Gasteiger partial charge in [0.25, 0.3) is 0 Å². The van der Waals surface area contributed by atoms with Gasteiger partial charge >= 0.3 is 11.9 Å². The van der Waals surface area contributed by atoms with Gasteiger partial charge in [-0.15, -0.1) is 0 Å². The summed E-state index contributed by atoms with van der Waals surface area (Å²) in [6.45, 7) is 1.13. The molecule has 5 rings (SSSR count). The number of anilines is 1. The van der Waals surface area contributed by atoms with Crippen LogP contribution < -0.4 is 20.6 Å². The fourth-order valence-electron chi connectivity index (χ4n) is 5.48. The van der Waals surface area contributed by atoms with Crippen LogP contribution >= 0.6 is 0 Å². The van der Waals surface area contributed by atoms with Crippen molar-refractivity contribution >= 4 is 16.7 Å². The topological polar surface area (TPSA) is 51.4 Å². The molecule has 1 saturated heterocycles. The van der Waals surface area contributed by atoms with Crippen molar-refractivity contribution in [2.45, 2.75) is 31.7 Å². The SMILES string of the molecule is CNCc1cccc(F)c1N1CCC(n2c(=O)n(Cc3ccccc3C(F)(F)F)c3c(OC)cccc32)C1. The quantitative estimate of drug-likeness (QED) is 0.336. The molecule has 0 radical (unpaired) electrons. The first-order valence-electron chi connectivity index (χ1n) is 12.3. The highest BCUT2D eigenvalue weighted by atomic mass is 19.4. The monoisotopic (exact) mass is 528 g/mol. The number of halogens is 4. The second-order valence-electron chi connectivity index (χ2n) is 9.39. The Hall–Kier alpha value is -3.79. The molecule has 1 aliphatic rings. The minimum Gasteiger partial charge on any atom is -0.494 e. The Balaban J connectivity index is 1.59. The zero-order chi connectivity index (χ0) is 27.0. The van der Waals surface area contributed by atoms with E-state index in [4.69, 9.17) is 4.74 Å². The van der Waals surface area contributed by atoms with Crippen molar-refractivity contribution in [2.24, 2.45) is 0 Å². The standard InChI is InChI=1S/C28H28F4N4O2/c1-33-15-18-8-5-10-22(29)25(18)34-14-13-20(17-34)36-23-11-6-12-24(38-2)26(23)35(27(36)37)16-19-7-3-4-9-21(19)28(30,31)32/h3-12,20,33H,13-17H2,1-2H3. The second kappa shape index (κ2) is 10.2. The maximum Gasteiger partial charge on any atom is 0.416 e. The molecule has 1 N–H and O–H groups in total. The van der Waals surface area contributed by atoms with Crippen LogP contribution in [0.4, 0.5) is 23.2 Å². The molecule has 1 unspecified atom stereocenters. The van der Waals surface area contributed by atoms with Gasteiger partial charge in [0.15, 0.2) is 0 Å². The summed E-state index contributed by atoms with van der Waals surface area (Å²) < 4.78 is 64.6. The third-order valence-corrected chi connectivity index (χ3v) is 7.10. The lowest BCUT2D eigenvalue weighted by Gasteiger charge is -2.23. The molecule has 200 valence electrons. The van der Waals surface area contributed by atoms with E-state index < -0.39 is 17.4 Å². The van der Waals surface area contributed by atoms with Gasteiger partial charge in [0.05, 0.1) is 36.5 Å². The van der Waals surface area contributed by atoms with Crippen molar-refractivity contribution in [3.63, 3.8) is 0 Å². The number of para-hydroxylation sites is 2. The summed E-state index contributed by atoms with van der Waals surface area (Å²) in [5.41, 5.74) is 1.07. The van der Waals surface area contributed by atoms with Gasteiger partial charge in [-0.2, -0.15) is 13.2 Å². The second-order valence-corrected chi connectivity index (χ2v) is 9.39. The largest absolute Gasteiger partial charge is 0.494 e. The Bertz CT molecular complexity index is 1530. The van der Waals surface area contributed by atoms with Gasteiger partial charge in [-0.3, -0.25) is 9.13 Å². The molecular weight excluding hydrogens is 500 g/mol. The normalized spacial score (nSPS) is 15.9. The number of fused-ring (bicyclic) bond motifs is 1. The lowest BCUT2D eigenvalue weighted by molar-refractivity contribution is -0.138. The van der Waals surface area contributed by atoms with Crippen molar-refractivity contribution in [3.05, 3.63) is 93.7 Å². The summed E-state index contributed by atoms with van der Waals surface area (Å²) in [6, 6.07) is 15.1. The first-order valence-corrected chi connectivity index (χ1v) is 12.3. The van der Waals surface area contributed by atoms with E-state index in [9.17, 15) is 22.4 Å². The van der Waals surface area contributed by atoms with E-state index in [0.717, 1.165) is 11.6 Å². The lowest BCUT2D eigenvalue weighted by atomic mass is 10.1. The minimum atomic E-state index is -4.56. The molecule has 0 bridgehead atoms. The maximum atomic E-state index is 14.9. The number of methoxy groups -OCH3 is 1. The molecule has 0 aliphatic carbocycles. The third-order valence-electron chi connectivity index (χ3n) is 7.10. The van der Waals surface area contributed by atoms with Crippen LogP contribution in [0, 0.1) is 5.82 Å². The van der Waals surface area contributed by atoms with Crippen LogP contribution in [0.15, 0.2) is 65.5 Å². The predicted molar refractivity (Wildman–Crippen MR) is 138 cm³/mol. The fourth-order valence-corrected chi connectivity index (χ4v) is 5.48. The van der Waals surface area contributed by atoms with E-state index in [1.807, 2.05) is 11.0 Å². The molecule has 38 heavy (non-hydrogen) atoms. The molecule has 0 saturated carbocycles. The van der Waals surface area contributed by atoms with Gasteiger partial charge in [0.1, 0.15) is 17.1 Å². The average molecular weight is 529 g/mol. The van der Waals surface area contributed by atoms with E-state index >= 15 is 0 Å². The van der Waals surface area contributed by atoms with E-state index in [1.54, 1.807) is 35.9 Å². The van der Waals surface area contributed by atoms with E-state index in [-0.39, 0.29) is 24.0 Å². The smallest absolute Gasteiger partial charge is 0.416 e. The Morgan fingerprint density at radius 3 is 2.50 bits per heavy atom. The number of hydrogen-bond donors (Lipinski definition) is 1. The summed E-state index contributed by atoms with van der Waals surface area (Å²) in [4.78, 5) is 15.8. The molecule has 1 fully saturated rings. The Labute approximate surface area is 217 Å². The first kappa shape index (κ1) is 25.8. The van der Waals surface area contributed by atoms with E-state index in [1.165, 1.54) is 35.9 Å². The molecule has 2 heterocycles. The van der Waals surface area contributed by atoms with E-state index in [0.29, 0.717) is 48.5 Å². The van der Waals surface area contributed by atoms with Crippen LogP contribution in [-0.2, 0) is 19.3 Å². The molecule has 10 heteroatoms. The summed E-state index contributed by atoms with van der Waals surface area (Å²) in [6.07, 6.45) is -3.98.